The molecule has 0 aliphatic carbocycles. The Morgan fingerprint density at radius 3 is 2.94 bits per heavy atom. The Kier molecular flexibility index (Phi) is 4.66. The number of aliphatic hydroxyl groups excluding tert-OH is 1. The number of hydrogen-bond acceptors (Lipinski definition) is 2. The number of nitrogens with one attached hydrogen (secondary N) is 1. The summed E-state index contributed by atoms with van der Waals surface area (Å²) in [5.74, 6) is -0.513. The number of amides is 1. The van der Waals surface area contributed by atoms with Gasteiger partial charge in [0.2, 0.25) is 5.91 Å². The third-order valence-corrected chi connectivity index (χ3v) is 2.02. The van der Waals surface area contributed by atoms with Crippen LogP contribution in [0.1, 0.15) is 18.1 Å². The summed E-state index contributed by atoms with van der Waals surface area (Å²) in [6.07, 6.45) is 3.52. The summed E-state index contributed by atoms with van der Waals surface area (Å²) < 4.78 is 13.0. The van der Waals surface area contributed by atoms with Crippen molar-refractivity contribution in [3.05, 3.63) is 41.2 Å². The van der Waals surface area contributed by atoms with Crippen molar-refractivity contribution < 1.29 is 14.3 Å². The first-order chi connectivity index (χ1) is 7.63. The lowest BCUT2D eigenvalue weighted by atomic mass is 10.1. The second kappa shape index (κ2) is 6.02. The second-order valence-electron chi connectivity index (χ2n) is 3.35. The highest BCUT2D eigenvalue weighted by Crippen LogP contribution is 2.11. The Hall–Kier alpha value is -1.68. The molecule has 1 amide bonds. The number of carbonyl (C=O) groups excluding carboxylic acids is 1. The van der Waals surface area contributed by atoms with Gasteiger partial charge in [-0.3, -0.25) is 4.79 Å². The molecule has 0 bridgehead atoms. The molecule has 0 spiro atoms. The molecule has 1 rings (SSSR count). The van der Waals surface area contributed by atoms with Crippen LogP contribution in [0.5, 0.6) is 0 Å². The van der Waals surface area contributed by atoms with E-state index in [4.69, 9.17) is 5.11 Å². The first-order valence-corrected chi connectivity index (χ1v) is 4.93. The van der Waals surface area contributed by atoms with Crippen LogP contribution in [0, 0.1) is 5.82 Å². The first kappa shape index (κ1) is 12.4. The van der Waals surface area contributed by atoms with E-state index in [9.17, 15) is 9.18 Å². The molecule has 1 aromatic rings. The number of carbonyl (C=O) groups is 1. The quantitative estimate of drug-likeness (QED) is 0.812. The molecule has 0 aliphatic heterocycles. The summed E-state index contributed by atoms with van der Waals surface area (Å²) in [4.78, 5) is 10.6. The van der Waals surface area contributed by atoms with Gasteiger partial charge in [0.15, 0.2) is 0 Å². The van der Waals surface area contributed by atoms with Crippen molar-refractivity contribution in [3.8, 4) is 0 Å². The smallest absolute Gasteiger partial charge is 0.217 e. The van der Waals surface area contributed by atoms with E-state index in [1.807, 2.05) is 0 Å². The number of hydrogen-bond donors (Lipinski definition) is 2. The van der Waals surface area contributed by atoms with Gasteiger partial charge in [0.25, 0.3) is 0 Å². The van der Waals surface area contributed by atoms with Crippen LogP contribution in [-0.4, -0.2) is 17.6 Å². The van der Waals surface area contributed by atoms with Crippen LogP contribution in [0.15, 0.2) is 24.3 Å². The highest BCUT2D eigenvalue weighted by Gasteiger charge is 2.00. The van der Waals surface area contributed by atoms with Crippen LogP contribution in [0.3, 0.4) is 0 Å². The zero-order valence-corrected chi connectivity index (χ0v) is 9.03. The maximum Gasteiger partial charge on any atom is 0.217 e. The predicted molar refractivity (Wildman–Crippen MR) is 60.0 cm³/mol. The normalized spacial score (nSPS) is 10.7. The maximum absolute atomic E-state index is 13.0. The molecule has 0 radical (unpaired) electrons. The van der Waals surface area contributed by atoms with Gasteiger partial charge in [-0.15, -0.1) is 0 Å². The molecule has 86 valence electrons. The fourth-order valence-electron chi connectivity index (χ4n) is 1.22. The molecule has 1 aromatic carbocycles. The zero-order valence-electron chi connectivity index (χ0n) is 9.03. The summed E-state index contributed by atoms with van der Waals surface area (Å²) in [6, 6.07) is 4.49. The minimum Gasteiger partial charge on any atom is -0.392 e. The van der Waals surface area contributed by atoms with Crippen LogP contribution in [0.4, 0.5) is 4.39 Å². The molecule has 0 atom stereocenters. The van der Waals surface area contributed by atoms with E-state index >= 15 is 0 Å². The Morgan fingerprint density at radius 2 is 2.31 bits per heavy atom. The molecular weight excluding hydrogens is 209 g/mol. The molecule has 0 saturated heterocycles. The van der Waals surface area contributed by atoms with E-state index < -0.39 is 5.82 Å². The number of benzene rings is 1. The highest BCUT2D eigenvalue weighted by atomic mass is 19.1. The van der Waals surface area contributed by atoms with Crippen molar-refractivity contribution >= 4 is 12.0 Å². The van der Waals surface area contributed by atoms with Crippen molar-refractivity contribution in [1.29, 1.82) is 0 Å². The lowest BCUT2D eigenvalue weighted by Gasteiger charge is -2.00. The van der Waals surface area contributed by atoms with Gasteiger partial charge >= 0.3 is 0 Å². The molecule has 0 unspecified atom stereocenters. The van der Waals surface area contributed by atoms with Crippen LogP contribution >= 0.6 is 0 Å². The Balaban J connectivity index is 2.63. The Bertz CT molecular complexity index is 402. The Morgan fingerprint density at radius 1 is 1.56 bits per heavy atom. The standard InChI is InChI=1S/C12H14FNO2/c1-9(16)14-6-2-3-10-4-5-12(13)11(7-10)8-15/h2-5,7,15H,6,8H2,1H3,(H,14,16). The molecule has 2 N–H and O–H groups in total. The highest BCUT2D eigenvalue weighted by molar-refractivity contribution is 5.73. The van der Waals surface area contributed by atoms with Crippen molar-refractivity contribution in [1.82, 2.24) is 5.32 Å². The fourth-order valence-corrected chi connectivity index (χ4v) is 1.22. The van der Waals surface area contributed by atoms with Gasteiger partial charge in [-0.05, 0) is 17.7 Å². The van der Waals surface area contributed by atoms with Gasteiger partial charge in [-0.25, -0.2) is 4.39 Å². The van der Waals surface area contributed by atoms with Gasteiger partial charge in [0, 0.05) is 19.0 Å². The van der Waals surface area contributed by atoms with E-state index in [1.165, 1.54) is 13.0 Å². The first-order valence-electron chi connectivity index (χ1n) is 4.93. The fraction of sp³-hybridized carbons (Fsp3) is 0.250. The van der Waals surface area contributed by atoms with E-state index in [1.54, 1.807) is 24.3 Å². The van der Waals surface area contributed by atoms with Gasteiger partial charge in [0.05, 0.1) is 6.61 Å². The molecule has 0 saturated carbocycles. The zero-order chi connectivity index (χ0) is 12.0. The molecule has 4 heteroatoms. The maximum atomic E-state index is 13.0. The van der Waals surface area contributed by atoms with Gasteiger partial charge in [-0.2, -0.15) is 0 Å². The summed E-state index contributed by atoms with van der Waals surface area (Å²) in [6.45, 7) is 1.55. The summed E-state index contributed by atoms with van der Waals surface area (Å²) in [5, 5.41) is 11.5. The van der Waals surface area contributed by atoms with E-state index in [2.05, 4.69) is 5.32 Å². The lowest BCUT2D eigenvalue weighted by Crippen LogP contribution is -2.19. The van der Waals surface area contributed by atoms with Crippen LogP contribution in [-0.2, 0) is 11.4 Å². The lowest BCUT2D eigenvalue weighted by molar-refractivity contribution is -0.118. The third kappa shape index (κ3) is 3.82. The average molecular weight is 223 g/mol. The molecule has 0 heterocycles. The summed E-state index contributed by atoms with van der Waals surface area (Å²) in [5.41, 5.74) is 1.05. The molecule has 16 heavy (non-hydrogen) atoms. The molecular formula is C12H14FNO2. The predicted octanol–water partition coefficient (Wildman–Crippen LogP) is 1.47. The Labute approximate surface area is 93.6 Å². The largest absolute Gasteiger partial charge is 0.392 e. The summed E-state index contributed by atoms with van der Waals surface area (Å²) in [7, 11) is 0. The number of rotatable bonds is 4. The second-order valence-corrected chi connectivity index (χ2v) is 3.35. The minimum absolute atomic E-state index is 0.0974. The van der Waals surface area contributed by atoms with Crippen molar-refractivity contribution in [2.45, 2.75) is 13.5 Å². The average Bonchev–Trinajstić information content (AvgIpc) is 2.26. The number of aliphatic hydroxyl groups is 1. The van der Waals surface area contributed by atoms with E-state index in [0.29, 0.717) is 6.54 Å². The van der Waals surface area contributed by atoms with Crippen molar-refractivity contribution in [3.63, 3.8) is 0 Å². The van der Waals surface area contributed by atoms with Crippen LogP contribution in [0.2, 0.25) is 0 Å². The van der Waals surface area contributed by atoms with E-state index in [-0.39, 0.29) is 18.1 Å². The SMILES string of the molecule is CC(=O)NCC=Cc1ccc(F)c(CO)c1. The molecule has 0 aromatic heterocycles. The molecule has 0 aliphatic rings. The third-order valence-electron chi connectivity index (χ3n) is 2.02. The number of halogens is 1. The monoisotopic (exact) mass is 223 g/mol. The van der Waals surface area contributed by atoms with E-state index in [0.717, 1.165) is 5.56 Å². The topological polar surface area (TPSA) is 49.3 Å². The van der Waals surface area contributed by atoms with Gasteiger partial charge in [0.1, 0.15) is 5.82 Å². The van der Waals surface area contributed by atoms with Gasteiger partial charge in [-0.1, -0.05) is 18.2 Å². The summed E-state index contributed by atoms with van der Waals surface area (Å²) >= 11 is 0. The van der Waals surface area contributed by atoms with Crippen LogP contribution in [0.25, 0.3) is 6.08 Å². The molecule has 0 fully saturated rings. The van der Waals surface area contributed by atoms with Gasteiger partial charge < -0.3 is 10.4 Å². The molecule has 3 nitrogen and oxygen atoms in total. The van der Waals surface area contributed by atoms with Crippen molar-refractivity contribution in [2.75, 3.05) is 6.54 Å². The van der Waals surface area contributed by atoms with Crippen LogP contribution < -0.4 is 5.32 Å². The van der Waals surface area contributed by atoms with Crippen molar-refractivity contribution in [2.24, 2.45) is 0 Å². The minimum atomic E-state index is -0.415.